The van der Waals surface area contributed by atoms with E-state index in [0.29, 0.717) is 12.6 Å². The predicted octanol–water partition coefficient (Wildman–Crippen LogP) is 1.29. The van der Waals surface area contributed by atoms with Crippen LogP contribution in [0.15, 0.2) is 24.3 Å². The van der Waals surface area contributed by atoms with Crippen LogP contribution in [0.4, 0.5) is 5.69 Å². The van der Waals surface area contributed by atoms with E-state index in [1.54, 1.807) is 0 Å². The van der Waals surface area contributed by atoms with Gasteiger partial charge in [0.15, 0.2) is 0 Å². The highest BCUT2D eigenvalue weighted by atomic mass is 15.2. The molecule has 0 saturated carbocycles. The fourth-order valence-electron chi connectivity index (χ4n) is 2.31. The summed E-state index contributed by atoms with van der Waals surface area (Å²) in [4.78, 5) is 4.76. The van der Waals surface area contributed by atoms with Gasteiger partial charge in [0.05, 0.1) is 0 Å². The van der Waals surface area contributed by atoms with Crippen LogP contribution in [0, 0.1) is 0 Å². The maximum absolute atomic E-state index is 5.60. The molecule has 1 heterocycles. The van der Waals surface area contributed by atoms with E-state index in [1.165, 1.54) is 24.2 Å². The fourth-order valence-corrected chi connectivity index (χ4v) is 2.31. The minimum Gasteiger partial charge on any atom is -0.370 e. The third-order valence-electron chi connectivity index (χ3n) is 3.49. The average Bonchev–Trinajstić information content (AvgIpc) is 2.75. The first-order chi connectivity index (χ1) is 7.70. The summed E-state index contributed by atoms with van der Waals surface area (Å²) in [5.41, 5.74) is 8.08. The molecule has 3 nitrogen and oxygen atoms in total. The smallest absolute Gasteiger partial charge is 0.0425 e. The SMILES string of the molecule is CN1CCC(N(C)c2ccc(CN)cc2)C1. The Morgan fingerprint density at radius 2 is 2.06 bits per heavy atom. The molecule has 0 aromatic heterocycles. The van der Waals surface area contributed by atoms with Gasteiger partial charge in [-0.05, 0) is 37.7 Å². The molecule has 1 unspecified atom stereocenters. The van der Waals surface area contributed by atoms with Crippen LogP contribution in [0.1, 0.15) is 12.0 Å². The lowest BCUT2D eigenvalue weighted by molar-refractivity contribution is 0.409. The molecule has 16 heavy (non-hydrogen) atoms. The summed E-state index contributed by atoms with van der Waals surface area (Å²) < 4.78 is 0. The Balaban J connectivity index is 2.05. The molecule has 88 valence electrons. The summed E-state index contributed by atoms with van der Waals surface area (Å²) >= 11 is 0. The lowest BCUT2D eigenvalue weighted by atomic mass is 10.1. The molecule has 1 fully saturated rings. The third kappa shape index (κ3) is 2.36. The topological polar surface area (TPSA) is 32.5 Å². The molecule has 2 N–H and O–H groups in total. The number of benzene rings is 1. The van der Waals surface area contributed by atoms with Crippen LogP contribution >= 0.6 is 0 Å². The number of rotatable bonds is 3. The first kappa shape index (κ1) is 11.4. The van der Waals surface area contributed by atoms with Gasteiger partial charge in [0.1, 0.15) is 0 Å². The van der Waals surface area contributed by atoms with Crippen LogP contribution in [-0.4, -0.2) is 38.1 Å². The van der Waals surface area contributed by atoms with Crippen LogP contribution in [0.3, 0.4) is 0 Å². The van der Waals surface area contributed by atoms with E-state index in [9.17, 15) is 0 Å². The van der Waals surface area contributed by atoms with Crippen molar-refractivity contribution < 1.29 is 0 Å². The number of hydrogen-bond acceptors (Lipinski definition) is 3. The van der Waals surface area contributed by atoms with Crippen LogP contribution in [0.2, 0.25) is 0 Å². The number of nitrogens with two attached hydrogens (primary N) is 1. The molecule has 0 aliphatic carbocycles. The highest BCUT2D eigenvalue weighted by Crippen LogP contribution is 2.21. The summed E-state index contributed by atoms with van der Waals surface area (Å²) in [5, 5.41) is 0. The van der Waals surface area contributed by atoms with Crippen molar-refractivity contribution in [3.8, 4) is 0 Å². The van der Waals surface area contributed by atoms with Gasteiger partial charge in [-0.3, -0.25) is 0 Å². The standard InChI is InChI=1S/C13H21N3/c1-15-8-7-13(10-15)16(2)12-5-3-11(9-14)4-6-12/h3-6,13H,7-10,14H2,1-2H3. The maximum Gasteiger partial charge on any atom is 0.0425 e. The van der Waals surface area contributed by atoms with Gasteiger partial charge in [-0.25, -0.2) is 0 Å². The van der Waals surface area contributed by atoms with Gasteiger partial charge in [0, 0.05) is 31.9 Å². The van der Waals surface area contributed by atoms with Crippen molar-refractivity contribution >= 4 is 5.69 Å². The van der Waals surface area contributed by atoms with Gasteiger partial charge in [-0.15, -0.1) is 0 Å². The Morgan fingerprint density at radius 3 is 2.56 bits per heavy atom. The zero-order valence-electron chi connectivity index (χ0n) is 10.2. The molecular formula is C13H21N3. The van der Waals surface area contributed by atoms with E-state index in [2.05, 4.69) is 48.2 Å². The molecule has 1 saturated heterocycles. The second-order valence-electron chi connectivity index (χ2n) is 4.69. The van der Waals surface area contributed by atoms with E-state index in [-0.39, 0.29) is 0 Å². The molecule has 1 aromatic rings. The number of hydrogen-bond donors (Lipinski definition) is 1. The highest BCUT2D eigenvalue weighted by molar-refractivity contribution is 5.48. The second-order valence-corrected chi connectivity index (χ2v) is 4.69. The summed E-state index contributed by atoms with van der Waals surface area (Å²) in [5.74, 6) is 0. The Kier molecular flexibility index (Phi) is 3.46. The monoisotopic (exact) mass is 219 g/mol. The molecule has 0 bridgehead atoms. The molecule has 1 aliphatic rings. The molecule has 1 aliphatic heterocycles. The lowest BCUT2D eigenvalue weighted by Crippen LogP contribution is -2.33. The number of anilines is 1. The zero-order chi connectivity index (χ0) is 11.5. The normalized spacial score (nSPS) is 21.3. The van der Waals surface area contributed by atoms with Crippen molar-refractivity contribution in [1.29, 1.82) is 0 Å². The summed E-state index contributed by atoms with van der Waals surface area (Å²) in [7, 11) is 4.37. The molecule has 3 heteroatoms. The highest BCUT2D eigenvalue weighted by Gasteiger charge is 2.23. The van der Waals surface area contributed by atoms with Crippen molar-refractivity contribution in [3.05, 3.63) is 29.8 Å². The number of likely N-dealkylation sites (N-methyl/N-ethyl adjacent to an activating group) is 2. The minimum absolute atomic E-state index is 0.621. The fraction of sp³-hybridized carbons (Fsp3) is 0.538. The molecule has 0 radical (unpaired) electrons. The third-order valence-corrected chi connectivity index (χ3v) is 3.49. The quantitative estimate of drug-likeness (QED) is 0.831. The van der Waals surface area contributed by atoms with Gasteiger partial charge < -0.3 is 15.5 Å². The Bertz CT molecular complexity index is 334. The van der Waals surface area contributed by atoms with Gasteiger partial charge in [0.2, 0.25) is 0 Å². The van der Waals surface area contributed by atoms with Crippen molar-refractivity contribution in [2.24, 2.45) is 5.73 Å². The van der Waals surface area contributed by atoms with Crippen molar-refractivity contribution in [1.82, 2.24) is 4.90 Å². The first-order valence-corrected chi connectivity index (χ1v) is 5.91. The Morgan fingerprint density at radius 1 is 1.38 bits per heavy atom. The van der Waals surface area contributed by atoms with E-state index in [1.807, 2.05) is 0 Å². The predicted molar refractivity (Wildman–Crippen MR) is 68.6 cm³/mol. The van der Waals surface area contributed by atoms with Crippen LogP contribution in [0.5, 0.6) is 0 Å². The molecule has 1 atom stereocenters. The molecule has 2 rings (SSSR count). The van der Waals surface area contributed by atoms with E-state index < -0.39 is 0 Å². The van der Waals surface area contributed by atoms with E-state index in [4.69, 9.17) is 5.73 Å². The Hall–Kier alpha value is -1.06. The maximum atomic E-state index is 5.60. The van der Waals surface area contributed by atoms with Gasteiger partial charge in [-0.1, -0.05) is 12.1 Å². The van der Waals surface area contributed by atoms with Gasteiger partial charge >= 0.3 is 0 Å². The molecule has 1 aromatic carbocycles. The molecule has 0 amide bonds. The number of nitrogens with zero attached hydrogens (tertiary/aromatic N) is 2. The summed E-state index contributed by atoms with van der Waals surface area (Å²) in [6.07, 6.45) is 1.26. The van der Waals surface area contributed by atoms with E-state index >= 15 is 0 Å². The number of likely N-dealkylation sites (tertiary alicyclic amines) is 1. The second kappa shape index (κ2) is 4.85. The summed E-state index contributed by atoms with van der Waals surface area (Å²) in [6, 6.07) is 9.21. The van der Waals surface area contributed by atoms with Crippen molar-refractivity contribution in [3.63, 3.8) is 0 Å². The molecule has 0 spiro atoms. The zero-order valence-corrected chi connectivity index (χ0v) is 10.2. The average molecular weight is 219 g/mol. The van der Waals surface area contributed by atoms with E-state index in [0.717, 1.165) is 6.54 Å². The Labute approximate surface area is 97.8 Å². The van der Waals surface area contributed by atoms with Crippen LogP contribution < -0.4 is 10.6 Å². The van der Waals surface area contributed by atoms with Crippen LogP contribution in [0.25, 0.3) is 0 Å². The molecular weight excluding hydrogens is 198 g/mol. The summed E-state index contributed by atoms with van der Waals surface area (Å²) in [6.45, 7) is 2.99. The minimum atomic E-state index is 0.621. The van der Waals surface area contributed by atoms with Crippen molar-refractivity contribution in [2.45, 2.75) is 19.0 Å². The van der Waals surface area contributed by atoms with Gasteiger partial charge in [0.25, 0.3) is 0 Å². The van der Waals surface area contributed by atoms with Crippen molar-refractivity contribution in [2.75, 3.05) is 32.1 Å². The lowest BCUT2D eigenvalue weighted by Gasteiger charge is -2.26. The first-order valence-electron chi connectivity index (χ1n) is 5.91. The van der Waals surface area contributed by atoms with Gasteiger partial charge in [-0.2, -0.15) is 0 Å². The largest absolute Gasteiger partial charge is 0.370 e. The van der Waals surface area contributed by atoms with Crippen LogP contribution in [-0.2, 0) is 6.54 Å².